The standard InChI is InChI=1S/C25H33BrClN3O2/c26-21-1-2-22(27)20(10-21)16-29-3-5-30(6-4-29)24(32)15-28-23(31)14-25-11-17-7-18(12-25)9-19(8-17)13-25/h1-2,10,17-19H,3-9,11-16H2,(H,28,31). The van der Waals surface area contributed by atoms with Crippen LogP contribution in [0.5, 0.6) is 0 Å². The van der Waals surface area contributed by atoms with Gasteiger partial charge in [0.15, 0.2) is 0 Å². The molecule has 0 aromatic heterocycles. The third-order valence-corrected chi connectivity index (χ3v) is 9.13. The van der Waals surface area contributed by atoms with Crippen molar-refractivity contribution in [3.05, 3.63) is 33.3 Å². The second-order valence-electron chi connectivity index (χ2n) is 10.8. The van der Waals surface area contributed by atoms with Crippen molar-refractivity contribution < 1.29 is 9.59 Å². The van der Waals surface area contributed by atoms with Gasteiger partial charge in [-0.1, -0.05) is 27.5 Å². The van der Waals surface area contributed by atoms with Crippen LogP contribution in [0, 0.1) is 23.2 Å². The molecule has 4 aliphatic carbocycles. The van der Waals surface area contributed by atoms with E-state index in [0.717, 1.165) is 52.4 Å². The van der Waals surface area contributed by atoms with Gasteiger partial charge in [0.1, 0.15) is 0 Å². The lowest BCUT2D eigenvalue weighted by Crippen LogP contribution is -2.51. The van der Waals surface area contributed by atoms with Gasteiger partial charge in [-0.15, -0.1) is 0 Å². The minimum Gasteiger partial charge on any atom is -0.347 e. The van der Waals surface area contributed by atoms with Crippen LogP contribution in [0.15, 0.2) is 22.7 Å². The first-order chi connectivity index (χ1) is 15.4. The van der Waals surface area contributed by atoms with Gasteiger partial charge in [0.2, 0.25) is 11.8 Å². The van der Waals surface area contributed by atoms with Gasteiger partial charge < -0.3 is 10.2 Å². The van der Waals surface area contributed by atoms with E-state index in [4.69, 9.17) is 11.6 Å². The summed E-state index contributed by atoms with van der Waals surface area (Å²) in [7, 11) is 0. The molecule has 0 unspecified atom stereocenters. The molecule has 7 heteroatoms. The summed E-state index contributed by atoms with van der Waals surface area (Å²) < 4.78 is 1.02. The quantitative estimate of drug-likeness (QED) is 0.600. The van der Waals surface area contributed by atoms with Gasteiger partial charge in [0.05, 0.1) is 6.54 Å². The third kappa shape index (κ3) is 5.02. The van der Waals surface area contributed by atoms with E-state index >= 15 is 0 Å². The first-order valence-electron chi connectivity index (χ1n) is 12.1. The molecule has 32 heavy (non-hydrogen) atoms. The largest absolute Gasteiger partial charge is 0.347 e. The Hall–Kier alpha value is -1.11. The van der Waals surface area contributed by atoms with E-state index in [1.807, 2.05) is 17.0 Å². The minimum atomic E-state index is 0.0315. The monoisotopic (exact) mass is 521 g/mol. The molecule has 5 aliphatic rings. The van der Waals surface area contributed by atoms with E-state index in [-0.39, 0.29) is 23.8 Å². The van der Waals surface area contributed by atoms with Crippen molar-refractivity contribution in [2.75, 3.05) is 32.7 Å². The predicted octanol–water partition coefficient (Wildman–Crippen LogP) is 4.47. The SMILES string of the molecule is O=C(CC12CC3CC(CC(C3)C1)C2)NCC(=O)N1CCN(Cc2cc(Br)ccc2Cl)CC1. The molecular weight excluding hydrogens is 490 g/mol. The summed E-state index contributed by atoms with van der Waals surface area (Å²) in [6.45, 7) is 3.92. The van der Waals surface area contributed by atoms with Crippen molar-refractivity contribution in [3.63, 3.8) is 0 Å². The van der Waals surface area contributed by atoms with Crippen molar-refractivity contribution >= 4 is 39.3 Å². The summed E-state index contributed by atoms with van der Waals surface area (Å²) in [5.74, 6) is 2.64. The Bertz CT molecular complexity index is 849. The van der Waals surface area contributed by atoms with Crippen LogP contribution in [0.3, 0.4) is 0 Å². The number of hydrogen-bond acceptors (Lipinski definition) is 3. The summed E-state index contributed by atoms with van der Waals surface area (Å²) >= 11 is 9.83. The van der Waals surface area contributed by atoms with Crippen molar-refractivity contribution in [1.29, 1.82) is 0 Å². The molecule has 0 radical (unpaired) electrons. The number of carbonyl (C=O) groups excluding carboxylic acids is 2. The Morgan fingerprint density at radius 3 is 2.28 bits per heavy atom. The van der Waals surface area contributed by atoms with Crippen LogP contribution in [-0.2, 0) is 16.1 Å². The van der Waals surface area contributed by atoms with E-state index in [0.29, 0.717) is 19.5 Å². The van der Waals surface area contributed by atoms with Gasteiger partial charge in [0.25, 0.3) is 0 Å². The van der Waals surface area contributed by atoms with Gasteiger partial charge in [0, 0.05) is 48.6 Å². The predicted molar refractivity (Wildman–Crippen MR) is 129 cm³/mol. The number of carbonyl (C=O) groups is 2. The van der Waals surface area contributed by atoms with Gasteiger partial charge in [-0.05, 0) is 85.5 Å². The summed E-state index contributed by atoms with van der Waals surface area (Å²) in [6, 6.07) is 5.91. The van der Waals surface area contributed by atoms with E-state index in [1.54, 1.807) is 0 Å². The molecular formula is C25H33BrClN3O2. The Labute approximate surface area is 204 Å². The van der Waals surface area contributed by atoms with Crippen LogP contribution in [0.25, 0.3) is 0 Å². The Kier molecular flexibility index (Phi) is 6.56. The molecule has 1 aliphatic heterocycles. The number of halogens is 2. The Balaban J connectivity index is 1.06. The first kappa shape index (κ1) is 22.7. The number of nitrogens with one attached hydrogen (secondary N) is 1. The molecule has 174 valence electrons. The highest BCUT2D eigenvalue weighted by atomic mass is 79.9. The molecule has 5 nitrogen and oxygen atoms in total. The number of piperazine rings is 1. The Morgan fingerprint density at radius 2 is 1.66 bits per heavy atom. The van der Waals surface area contributed by atoms with E-state index in [1.165, 1.54) is 38.5 Å². The van der Waals surface area contributed by atoms with Crippen molar-refractivity contribution in [1.82, 2.24) is 15.1 Å². The summed E-state index contributed by atoms with van der Waals surface area (Å²) in [5.41, 5.74) is 1.32. The second-order valence-corrected chi connectivity index (χ2v) is 12.1. The molecule has 0 spiro atoms. The van der Waals surface area contributed by atoms with Gasteiger partial charge >= 0.3 is 0 Å². The Morgan fingerprint density at radius 1 is 1.03 bits per heavy atom. The normalized spacial score (nSPS) is 31.7. The first-order valence-corrected chi connectivity index (χ1v) is 13.3. The van der Waals surface area contributed by atoms with E-state index in [2.05, 4.69) is 32.2 Å². The lowest BCUT2D eigenvalue weighted by atomic mass is 9.49. The zero-order valence-corrected chi connectivity index (χ0v) is 21.0. The number of benzene rings is 1. The second kappa shape index (κ2) is 9.27. The summed E-state index contributed by atoms with van der Waals surface area (Å²) in [6.07, 6.45) is 8.46. The zero-order valence-electron chi connectivity index (χ0n) is 18.6. The van der Waals surface area contributed by atoms with Crippen LogP contribution in [0.4, 0.5) is 0 Å². The summed E-state index contributed by atoms with van der Waals surface area (Å²) in [5, 5.41) is 3.72. The minimum absolute atomic E-state index is 0.0315. The molecule has 6 rings (SSSR count). The number of nitrogens with zero attached hydrogens (tertiary/aromatic N) is 2. The fourth-order valence-corrected chi connectivity index (χ4v) is 7.84. The molecule has 1 N–H and O–H groups in total. The lowest BCUT2D eigenvalue weighted by molar-refractivity contribution is -0.136. The molecule has 4 saturated carbocycles. The van der Waals surface area contributed by atoms with Crippen molar-refractivity contribution in [2.45, 2.75) is 51.5 Å². The van der Waals surface area contributed by atoms with Crippen LogP contribution in [0.1, 0.15) is 50.5 Å². The van der Waals surface area contributed by atoms with Crippen molar-refractivity contribution in [3.8, 4) is 0 Å². The van der Waals surface area contributed by atoms with Crippen LogP contribution < -0.4 is 5.32 Å². The number of amides is 2. The highest BCUT2D eigenvalue weighted by Crippen LogP contribution is 2.61. The fourth-order valence-electron chi connectivity index (χ4n) is 7.26. The highest BCUT2D eigenvalue weighted by Gasteiger charge is 2.51. The highest BCUT2D eigenvalue weighted by molar-refractivity contribution is 9.10. The molecule has 1 aromatic carbocycles. The molecule has 1 aromatic rings. The molecule has 1 heterocycles. The zero-order chi connectivity index (χ0) is 22.3. The topological polar surface area (TPSA) is 52.7 Å². The molecule has 5 fully saturated rings. The maximum Gasteiger partial charge on any atom is 0.242 e. The van der Waals surface area contributed by atoms with Crippen molar-refractivity contribution in [2.24, 2.45) is 23.2 Å². The van der Waals surface area contributed by atoms with Gasteiger partial charge in [-0.3, -0.25) is 14.5 Å². The fraction of sp³-hybridized carbons (Fsp3) is 0.680. The molecule has 0 atom stereocenters. The number of hydrogen-bond donors (Lipinski definition) is 1. The van der Waals surface area contributed by atoms with E-state index < -0.39 is 0 Å². The van der Waals surface area contributed by atoms with Crippen LogP contribution in [-0.4, -0.2) is 54.3 Å². The third-order valence-electron chi connectivity index (χ3n) is 8.26. The van der Waals surface area contributed by atoms with Gasteiger partial charge in [-0.25, -0.2) is 0 Å². The molecule has 1 saturated heterocycles. The summed E-state index contributed by atoms with van der Waals surface area (Å²) in [4.78, 5) is 29.6. The van der Waals surface area contributed by atoms with E-state index in [9.17, 15) is 9.59 Å². The maximum atomic E-state index is 12.7. The number of rotatable bonds is 6. The lowest BCUT2D eigenvalue weighted by Gasteiger charge is -2.56. The van der Waals surface area contributed by atoms with Crippen LogP contribution in [0.2, 0.25) is 5.02 Å². The maximum absolute atomic E-state index is 12.7. The molecule has 4 bridgehead atoms. The van der Waals surface area contributed by atoms with Gasteiger partial charge in [-0.2, -0.15) is 0 Å². The van der Waals surface area contributed by atoms with Crippen LogP contribution >= 0.6 is 27.5 Å². The average Bonchev–Trinajstić information content (AvgIpc) is 2.74. The smallest absolute Gasteiger partial charge is 0.242 e. The molecule has 2 amide bonds. The average molecular weight is 523 g/mol.